The Labute approximate surface area is 84.5 Å². The molecule has 0 bridgehead atoms. The van der Waals surface area contributed by atoms with Crippen LogP contribution < -0.4 is 0 Å². The first kappa shape index (κ1) is 9.53. The number of hydrogen-bond donors (Lipinski definition) is 1. The fraction of sp³-hybridized carbons (Fsp3) is 0.500. The molecule has 0 radical (unpaired) electrons. The first-order chi connectivity index (χ1) is 6.77. The molecular formula is C12H16O2. The summed E-state index contributed by atoms with van der Waals surface area (Å²) in [5, 5.41) is 9.42. The van der Waals surface area contributed by atoms with Gasteiger partial charge >= 0.3 is 0 Å². The second-order valence-electron chi connectivity index (χ2n) is 3.93. The molecule has 2 rings (SSSR count). The van der Waals surface area contributed by atoms with E-state index < -0.39 is 0 Å². The lowest BCUT2D eigenvalue weighted by Gasteiger charge is -2.22. The van der Waals surface area contributed by atoms with E-state index in [2.05, 4.69) is 6.07 Å². The van der Waals surface area contributed by atoms with E-state index >= 15 is 0 Å². The van der Waals surface area contributed by atoms with Gasteiger partial charge in [-0.1, -0.05) is 12.1 Å². The van der Waals surface area contributed by atoms with Gasteiger partial charge in [0.1, 0.15) is 5.75 Å². The van der Waals surface area contributed by atoms with E-state index in [1.165, 1.54) is 5.56 Å². The number of aromatic hydroxyl groups is 1. The number of benzene rings is 1. The van der Waals surface area contributed by atoms with E-state index in [4.69, 9.17) is 4.74 Å². The Kier molecular flexibility index (Phi) is 2.73. The summed E-state index contributed by atoms with van der Waals surface area (Å²) in [6.45, 7) is 3.67. The van der Waals surface area contributed by atoms with Crippen LogP contribution in [0.25, 0.3) is 0 Å². The summed E-state index contributed by atoms with van der Waals surface area (Å²) in [4.78, 5) is 0. The van der Waals surface area contributed by atoms with Crippen LogP contribution in [0.5, 0.6) is 5.75 Å². The predicted octanol–water partition coefficient (Wildman–Crippen LogP) is 2.59. The second kappa shape index (κ2) is 4.01. The van der Waals surface area contributed by atoms with Crippen molar-refractivity contribution in [3.05, 3.63) is 29.3 Å². The minimum Gasteiger partial charge on any atom is -0.508 e. The van der Waals surface area contributed by atoms with E-state index in [1.807, 2.05) is 13.0 Å². The Morgan fingerprint density at radius 1 is 1.29 bits per heavy atom. The first-order valence-corrected chi connectivity index (χ1v) is 5.14. The van der Waals surface area contributed by atoms with E-state index in [0.717, 1.165) is 31.6 Å². The van der Waals surface area contributed by atoms with Crippen LogP contribution in [0.1, 0.15) is 29.9 Å². The lowest BCUT2D eigenvalue weighted by molar-refractivity contribution is 0.0853. The van der Waals surface area contributed by atoms with Crippen molar-refractivity contribution >= 4 is 0 Å². The van der Waals surface area contributed by atoms with Gasteiger partial charge in [0.05, 0.1) is 0 Å². The van der Waals surface area contributed by atoms with Crippen LogP contribution >= 0.6 is 0 Å². The molecule has 2 nitrogen and oxygen atoms in total. The predicted molar refractivity (Wildman–Crippen MR) is 55.6 cm³/mol. The van der Waals surface area contributed by atoms with Crippen molar-refractivity contribution in [2.75, 3.05) is 13.2 Å². The van der Waals surface area contributed by atoms with Gasteiger partial charge in [-0.25, -0.2) is 0 Å². The molecule has 0 aliphatic carbocycles. The number of ether oxygens (including phenoxy) is 1. The Bertz CT molecular complexity index is 314. The average Bonchev–Trinajstić information content (AvgIpc) is 2.23. The monoisotopic (exact) mass is 192 g/mol. The molecule has 1 aliphatic heterocycles. The maximum Gasteiger partial charge on any atom is 0.118 e. The molecule has 0 atom stereocenters. The zero-order valence-corrected chi connectivity index (χ0v) is 8.49. The standard InChI is InChI=1S/C12H16O2/c1-9-8-11(2-3-12(9)13)10-4-6-14-7-5-10/h2-3,8,10,13H,4-7H2,1H3. The van der Waals surface area contributed by atoms with Crippen LogP contribution in [0.15, 0.2) is 18.2 Å². The zero-order chi connectivity index (χ0) is 9.97. The van der Waals surface area contributed by atoms with Crippen molar-refractivity contribution in [2.24, 2.45) is 0 Å². The highest BCUT2D eigenvalue weighted by molar-refractivity contribution is 5.36. The van der Waals surface area contributed by atoms with Crippen LogP contribution in [0, 0.1) is 6.92 Å². The maximum absolute atomic E-state index is 9.42. The fourth-order valence-electron chi connectivity index (χ4n) is 1.96. The average molecular weight is 192 g/mol. The number of aryl methyl sites for hydroxylation is 1. The topological polar surface area (TPSA) is 29.5 Å². The zero-order valence-electron chi connectivity index (χ0n) is 8.49. The van der Waals surface area contributed by atoms with Crippen LogP contribution in [0.3, 0.4) is 0 Å². The summed E-state index contributed by atoms with van der Waals surface area (Å²) in [6.07, 6.45) is 2.20. The number of hydrogen-bond acceptors (Lipinski definition) is 2. The van der Waals surface area contributed by atoms with Gasteiger partial charge in [0.2, 0.25) is 0 Å². The van der Waals surface area contributed by atoms with Crippen molar-refractivity contribution < 1.29 is 9.84 Å². The molecule has 76 valence electrons. The molecule has 14 heavy (non-hydrogen) atoms. The molecule has 1 fully saturated rings. The molecule has 0 aromatic heterocycles. The molecule has 0 amide bonds. The van der Waals surface area contributed by atoms with Crippen LogP contribution in [-0.4, -0.2) is 18.3 Å². The van der Waals surface area contributed by atoms with Gasteiger partial charge < -0.3 is 9.84 Å². The lowest BCUT2D eigenvalue weighted by Crippen LogP contribution is -2.14. The highest BCUT2D eigenvalue weighted by Gasteiger charge is 2.16. The van der Waals surface area contributed by atoms with Crippen molar-refractivity contribution in [3.8, 4) is 5.75 Å². The summed E-state index contributed by atoms with van der Waals surface area (Å²) >= 11 is 0. The summed E-state index contributed by atoms with van der Waals surface area (Å²) < 4.78 is 5.33. The Morgan fingerprint density at radius 2 is 2.00 bits per heavy atom. The minimum atomic E-state index is 0.390. The van der Waals surface area contributed by atoms with Gasteiger partial charge in [0.25, 0.3) is 0 Å². The third kappa shape index (κ3) is 1.90. The van der Waals surface area contributed by atoms with Gasteiger partial charge in [-0.2, -0.15) is 0 Å². The van der Waals surface area contributed by atoms with Gasteiger partial charge in [-0.15, -0.1) is 0 Å². The molecule has 1 aromatic carbocycles. The first-order valence-electron chi connectivity index (χ1n) is 5.14. The maximum atomic E-state index is 9.42. The molecule has 1 N–H and O–H groups in total. The molecule has 1 aliphatic rings. The van der Waals surface area contributed by atoms with Crippen molar-refractivity contribution in [2.45, 2.75) is 25.7 Å². The smallest absolute Gasteiger partial charge is 0.118 e. The van der Waals surface area contributed by atoms with Gasteiger partial charge in [-0.3, -0.25) is 0 Å². The van der Waals surface area contributed by atoms with Crippen LogP contribution in [0.2, 0.25) is 0 Å². The lowest BCUT2D eigenvalue weighted by atomic mass is 9.91. The molecule has 2 heteroatoms. The third-order valence-electron chi connectivity index (χ3n) is 2.91. The molecule has 1 heterocycles. The quantitative estimate of drug-likeness (QED) is 0.741. The number of rotatable bonds is 1. The van der Waals surface area contributed by atoms with Gasteiger partial charge in [-0.05, 0) is 42.9 Å². The van der Waals surface area contributed by atoms with Crippen molar-refractivity contribution in [1.29, 1.82) is 0 Å². The van der Waals surface area contributed by atoms with Crippen LogP contribution in [-0.2, 0) is 4.74 Å². The summed E-state index contributed by atoms with van der Waals surface area (Å²) in [6, 6.07) is 5.91. The van der Waals surface area contributed by atoms with E-state index in [1.54, 1.807) is 6.07 Å². The van der Waals surface area contributed by atoms with E-state index in [9.17, 15) is 5.11 Å². The van der Waals surface area contributed by atoms with Gasteiger partial charge in [0.15, 0.2) is 0 Å². The number of phenols is 1. The fourth-order valence-corrected chi connectivity index (χ4v) is 1.96. The summed E-state index contributed by atoms with van der Waals surface area (Å²) in [5.41, 5.74) is 2.30. The highest BCUT2D eigenvalue weighted by atomic mass is 16.5. The van der Waals surface area contributed by atoms with E-state index in [0.29, 0.717) is 11.7 Å². The number of phenolic OH excluding ortho intramolecular Hbond substituents is 1. The summed E-state index contributed by atoms with van der Waals surface area (Å²) in [5.74, 6) is 1.00. The largest absolute Gasteiger partial charge is 0.508 e. The Hall–Kier alpha value is -1.02. The normalized spacial score (nSPS) is 18.4. The molecule has 1 aromatic rings. The van der Waals surface area contributed by atoms with Crippen molar-refractivity contribution in [3.63, 3.8) is 0 Å². The molecule has 0 spiro atoms. The van der Waals surface area contributed by atoms with Crippen LogP contribution in [0.4, 0.5) is 0 Å². The second-order valence-corrected chi connectivity index (χ2v) is 3.93. The third-order valence-corrected chi connectivity index (χ3v) is 2.91. The Morgan fingerprint density at radius 3 is 2.64 bits per heavy atom. The van der Waals surface area contributed by atoms with Gasteiger partial charge in [0, 0.05) is 13.2 Å². The molecule has 1 saturated heterocycles. The summed E-state index contributed by atoms with van der Waals surface area (Å²) in [7, 11) is 0. The Balaban J connectivity index is 2.18. The van der Waals surface area contributed by atoms with E-state index in [-0.39, 0.29) is 0 Å². The molecular weight excluding hydrogens is 176 g/mol. The highest BCUT2D eigenvalue weighted by Crippen LogP contribution is 2.29. The SMILES string of the molecule is Cc1cc(C2CCOCC2)ccc1O. The molecule has 0 saturated carbocycles. The van der Waals surface area contributed by atoms with Crippen molar-refractivity contribution in [1.82, 2.24) is 0 Å². The molecule has 0 unspecified atom stereocenters. The minimum absolute atomic E-state index is 0.390.